The van der Waals surface area contributed by atoms with Crippen molar-refractivity contribution in [2.75, 3.05) is 26.4 Å². The standard InChI is InChI=1S/C15H20ClN5O3/c1-10(8-22)19-7-13(21(23)24)15-18-6-12(20(15)9-19)4-11-2-3-14(16)17-5-11/h2-3,5,10,12,18,22H,4,6-9H2,1H3. The van der Waals surface area contributed by atoms with Gasteiger partial charge in [0.15, 0.2) is 5.82 Å². The van der Waals surface area contributed by atoms with E-state index in [-0.39, 0.29) is 35.9 Å². The summed E-state index contributed by atoms with van der Waals surface area (Å²) in [6.07, 6.45) is 2.45. The number of aliphatic hydroxyl groups excluding tert-OH is 1. The van der Waals surface area contributed by atoms with Crippen molar-refractivity contribution < 1.29 is 10.0 Å². The summed E-state index contributed by atoms with van der Waals surface area (Å²) in [4.78, 5) is 19.1. The van der Waals surface area contributed by atoms with Gasteiger partial charge >= 0.3 is 0 Å². The molecule has 130 valence electrons. The molecule has 24 heavy (non-hydrogen) atoms. The Kier molecular flexibility index (Phi) is 4.88. The van der Waals surface area contributed by atoms with E-state index < -0.39 is 0 Å². The van der Waals surface area contributed by atoms with E-state index in [9.17, 15) is 15.2 Å². The summed E-state index contributed by atoms with van der Waals surface area (Å²) in [7, 11) is 0. The highest BCUT2D eigenvalue weighted by molar-refractivity contribution is 6.29. The Hall–Kier alpha value is -1.90. The zero-order valence-corrected chi connectivity index (χ0v) is 14.1. The Morgan fingerprint density at radius 3 is 3.00 bits per heavy atom. The highest BCUT2D eigenvalue weighted by Gasteiger charge is 2.41. The molecule has 2 unspecified atom stereocenters. The molecule has 3 rings (SSSR count). The van der Waals surface area contributed by atoms with Crippen LogP contribution in [0, 0.1) is 10.1 Å². The minimum Gasteiger partial charge on any atom is -0.395 e. The van der Waals surface area contributed by atoms with Crippen molar-refractivity contribution in [3.63, 3.8) is 0 Å². The topological polar surface area (TPSA) is 94.8 Å². The molecule has 1 fully saturated rings. The van der Waals surface area contributed by atoms with E-state index in [0.29, 0.717) is 30.6 Å². The molecule has 2 aliphatic rings. The second-order valence-electron chi connectivity index (χ2n) is 6.17. The maximum atomic E-state index is 11.4. The number of aromatic nitrogens is 1. The Labute approximate surface area is 144 Å². The number of aliphatic hydroxyl groups is 1. The van der Waals surface area contributed by atoms with Crippen LogP contribution in [0.4, 0.5) is 0 Å². The predicted molar refractivity (Wildman–Crippen MR) is 88.7 cm³/mol. The van der Waals surface area contributed by atoms with E-state index in [1.54, 1.807) is 12.3 Å². The second kappa shape index (κ2) is 6.92. The number of pyridine rings is 1. The lowest BCUT2D eigenvalue weighted by Crippen LogP contribution is -2.51. The zero-order chi connectivity index (χ0) is 17.3. The van der Waals surface area contributed by atoms with E-state index in [1.165, 1.54) is 0 Å². The molecular weight excluding hydrogens is 334 g/mol. The van der Waals surface area contributed by atoms with Crippen LogP contribution in [0.25, 0.3) is 0 Å². The molecule has 2 atom stereocenters. The van der Waals surface area contributed by atoms with Crippen molar-refractivity contribution in [2.45, 2.75) is 25.4 Å². The van der Waals surface area contributed by atoms with Crippen molar-refractivity contribution in [1.29, 1.82) is 0 Å². The van der Waals surface area contributed by atoms with E-state index >= 15 is 0 Å². The fraction of sp³-hybridized carbons (Fsp3) is 0.533. The maximum absolute atomic E-state index is 11.4. The summed E-state index contributed by atoms with van der Waals surface area (Å²) in [5.74, 6) is 0.591. The third-order valence-corrected chi connectivity index (χ3v) is 4.78. The smallest absolute Gasteiger partial charge is 0.299 e. The molecule has 2 N–H and O–H groups in total. The van der Waals surface area contributed by atoms with Crippen molar-refractivity contribution in [3.05, 3.63) is 50.7 Å². The van der Waals surface area contributed by atoms with Crippen LogP contribution in [0.3, 0.4) is 0 Å². The molecule has 9 heteroatoms. The first-order valence-corrected chi connectivity index (χ1v) is 8.20. The largest absolute Gasteiger partial charge is 0.395 e. The lowest BCUT2D eigenvalue weighted by Gasteiger charge is -2.38. The zero-order valence-electron chi connectivity index (χ0n) is 13.4. The van der Waals surface area contributed by atoms with Crippen LogP contribution >= 0.6 is 11.6 Å². The molecule has 0 bridgehead atoms. The fourth-order valence-electron chi connectivity index (χ4n) is 3.11. The number of nitro groups is 1. The molecule has 1 aromatic rings. The highest BCUT2D eigenvalue weighted by atomic mass is 35.5. The number of hydrogen-bond donors (Lipinski definition) is 2. The summed E-state index contributed by atoms with van der Waals surface area (Å²) in [6, 6.07) is 3.62. The first-order chi connectivity index (χ1) is 11.5. The van der Waals surface area contributed by atoms with Gasteiger partial charge in [0.25, 0.3) is 5.70 Å². The third kappa shape index (κ3) is 3.31. The van der Waals surface area contributed by atoms with E-state index in [0.717, 1.165) is 5.56 Å². The predicted octanol–water partition coefficient (Wildman–Crippen LogP) is 0.651. The van der Waals surface area contributed by atoms with Crippen molar-refractivity contribution >= 4 is 11.6 Å². The van der Waals surface area contributed by atoms with Crippen molar-refractivity contribution in [3.8, 4) is 0 Å². The summed E-state index contributed by atoms with van der Waals surface area (Å²) >= 11 is 5.82. The van der Waals surface area contributed by atoms with Crippen LogP contribution < -0.4 is 5.32 Å². The number of fused-ring (bicyclic) bond motifs is 1. The van der Waals surface area contributed by atoms with Crippen LogP contribution in [-0.4, -0.2) is 63.3 Å². The molecule has 0 amide bonds. The Balaban J connectivity index is 1.83. The van der Waals surface area contributed by atoms with Gasteiger partial charge in [-0.3, -0.25) is 15.0 Å². The molecule has 8 nitrogen and oxygen atoms in total. The Morgan fingerprint density at radius 2 is 2.38 bits per heavy atom. The van der Waals surface area contributed by atoms with E-state index in [1.807, 2.05) is 22.8 Å². The molecule has 2 aliphatic heterocycles. The average Bonchev–Trinajstić information content (AvgIpc) is 2.98. The minimum absolute atomic E-state index is 0.0344. The van der Waals surface area contributed by atoms with Gasteiger partial charge in [0, 0.05) is 18.8 Å². The molecule has 0 spiro atoms. The summed E-state index contributed by atoms with van der Waals surface area (Å²) in [5, 5.41) is 24.4. The van der Waals surface area contributed by atoms with Gasteiger partial charge in [0.1, 0.15) is 5.15 Å². The van der Waals surface area contributed by atoms with Crippen LogP contribution in [0.2, 0.25) is 5.15 Å². The molecule has 0 saturated carbocycles. The summed E-state index contributed by atoms with van der Waals surface area (Å²) in [5.41, 5.74) is 1.18. The van der Waals surface area contributed by atoms with Crippen molar-refractivity contribution in [1.82, 2.24) is 20.1 Å². The average molecular weight is 354 g/mol. The van der Waals surface area contributed by atoms with Gasteiger partial charge in [-0.05, 0) is 25.0 Å². The first-order valence-electron chi connectivity index (χ1n) is 7.83. The molecule has 3 heterocycles. The Bertz CT molecular complexity index is 651. The van der Waals surface area contributed by atoms with Crippen molar-refractivity contribution in [2.24, 2.45) is 0 Å². The van der Waals surface area contributed by atoms with Gasteiger partial charge in [-0.1, -0.05) is 17.7 Å². The van der Waals surface area contributed by atoms with Gasteiger partial charge < -0.3 is 15.3 Å². The van der Waals surface area contributed by atoms with E-state index in [2.05, 4.69) is 10.3 Å². The lowest BCUT2D eigenvalue weighted by molar-refractivity contribution is -0.433. The number of halogens is 1. The lowest BCUT2D eigenvalue weighted by atomic mass is 10.1. The summed E-state index contributed by atoms with van der Waals surface area (Å²) in [6.45, 7) is 3.24. The quantitative estimate of drug-likeness (QED) is 0.456. The van der Waals surface area contributed by atoms with Gasteiger partial charge in [-0.25, -0.2) is 4.98 Å². The fourth-order valence-corrected chi connectivity index (χ4v) is 3.22. The summed E-state index contributed by atoms with van der Waals surface area (Å²) < 4.78 is 0. The second-order valence-corrected chi connectivity index (χ2v) is 6.56. The molecule has 0 aromatic carbocycles. The maximum Gasteiger partial charge on any atom is 0.299 e. The van der Waals surface area contributed by atoms with Crippen LogP contribution in [0.5, 0.6) is 0 Å². The minimum atomic E-state index is -0.336. The highest BCUT2D eigenvalue weighted by Crippen LogP contribution is 2.27. The van der Waals surface area contributed by atoms with Crippen LogP contribution in [-0.2, 0) is 6.42 Å². The van der Waals surface area contributed by atoms with Gasteiger partial charge in [-0.2, -0.15) is 0 Å². The van der Waals surface area contributed by atoms with Gasteiger partial charge in [-0.15, -0.1) is 0 Å². The van der Waals surface area contributed by atoms with Gasteiger partial charge in [0.05, 0.1) is 30.8 Å². The number of rotatable bonds is 5. The van der Waals surface area contributed by atoms with Crippen LogP contribution in [0.15, 0.2) is 29.8 Å². The van der Waals surface area contributed by atoms with E-state index in [4.69, 9.17) is 11.6 Å². The number of nitrogens with zero attached hydrogens (tertiary/aromatic N) is 4. The first kappa shape index (κ1) is 16.9. The Morgan fingerprint density at radius 1 is 1.58 bits per heavy atom. The normalized spacial score (nSPS) is 22.3. The molecule has 1 aromatic heterocycles. The van der Waals surface area contributed by atoms with Gasteiger partial charge in [0.2, 0.25) is 0 Å². The molecule has 1 saturated heterocycles. The number of nitrogens with one attached hydrogen (secondary N) is 1. The monoisotopic (exact) mass is 353 g/mol. The molecular formula is C15H20ClN5O3. The third-order valence-electron chi connectivity index (χ3n) is 4.56. The molecule has 0 radical (unpaired) electrons. The SMILES string of the molecule is CC(CO)N1CC([N+](=O)[O-])=C2NCC(Cc3ccc(Cl)nc3)N2C1. The molecule has 0 aliphatic carbocycles. The number of hydrogen-bond acceptors (Lipinski definition) is 7. The van der Waals surface area contributed by atoms with Crippen LogP contribution in [0.1, 0.15) is 12.5 Å².